The molecule has 7 rings (SSSR count). The van der Waals surface area contributed by atoms with Gasteiger partial charge in [0.1, 0.15) is 24.4 Å². The van der Waals surface area contributed by atoms with Gasteiger partial charge in [0.2, 0.25) is 0 Å². The number of hydrogen-bond donors (Lipinski definition) is 4. The van der Waals surface area contributed by atoms with Crippen molar-refractivity contribution in [2.75, 3.05) is 6.61 Å². The Labute approximate surface area is 256 Å². The third-order valence-corrected chi connectivity index (χ3v) is 12.9. The van der Waals surface area contributed by atoms with Crippen molar-refractivity contribution in [3.8, 4) is 0 Å². The minimum Gasteiger partial charge on any atom is -0.388 e. The summed E-state index contributed by atoms with van der Waals surface area (Å²) in [4.78, 5) is 0. The van der Waals surface area contributed by atoms with Crippen molar-refractivity contribution >= 4 is 0 Å². The Balaban J connectivity index is 1.17. The van der Waals surface area contributed by atoms with Crippen molar-refractivity contribution in [1.82, 2.24) is 0 Å². The minimum atomic E-state index is -1.29. The van der Waals surface area contributed by atoms with Gasteiger partial charge in [0.05, 0.1) is 24.4 Å². The predicted octanol–water partition coefficient (Wildman–Crippen LogP) is 4.16. The Hall–Kier alpha value is -1.10. The van der Waals surface area contributed by atoms with Crippen LogP contribution in [0.1, 0.15) is 87.0 Å². The highest BCUT2D eigenvalue weighted by atomic mass is 16.8. The highest BCUT2D eigenvalue weighted by molar-refractivity contribution is 5.46. The second-order valence-electron chi connectivity index (χ2n) is 16.6. The van der Waals surface area contributed by atoms with Crippen LogP contribution in [0, 0.1) is 34.0 Å². The lowest BCUT2D eigenvalue weighted by Gasteiger charge is -2.50. The summed E-state index contributed by atoms with van der Waals surface area (Å²) in [6, 6.07) is 0. The molecule has 3 saturated heterocycles. The number of allylic oxidation sites excluding steroid dienone is 5. The zero-order chi connectivity index (χ0) is 30.9. The van der Waals surface area contributed by atoms with E-state index in [0.29, 0.717) is 12.3 Å². The van der Waals surface area contributed by atoms with Gasteiger partial charge in [-0.05, 0) is 79.8 Å². The van der Waals surface area contributed by atoms with Crippen LogP contribution in [0.25, 0.3) is 0 Å². The molecule has 3 heterocycles. The van der Waals surface area contributed by atoms with Gasteiger partial charge in [-0.2, -0.15) is 0 Å². The summed E-state index contributed by atoms with van der Waals surface area (Å²) in [7, 11) is 0. The molecule has 240 valence electrons. The quantitative estimate of drug-likeness (QED) is 0.357. The van der Waals surface area contributed by atoms with E-state index in [1.807, 2.05) is 13.8 Å². The average Bonchev–Trinajstić information content (AvgIpc) is 3.21. The Morgan fingerprint density at radius 2 is 1.72 bits per heavy atom. The van der Waals surface area contributed by atoms with E-state index in [9.17, 15) is 20.4 Å². The lowest BCUT2D eigenvalue weighted by atomic mass is 9.55. The molecule has 3 aliphatic heterocycles. The standard InChI is InChI=1S/C35H52O8/c1-18-12-24-29(32(4,5)39)43-35(42-24)17-33(6)14-20-8-10-22-19(13-21(20)15-34(33,7)28(18)35)9-11-25(31(22,2)3)41-30-27(38)26(37)23(36)16-40-30/h8-9,15,18,22-30,36-39H,10-14,16-17H2,1-7H3/t18-,22+,23+,24+,25-,26+,27-,28-,29-,30+,33-,34?,35+/m1/s1. The maximum absolute atomic E-state index is 11.0. The highest BCUT2D eigenvalue weighted by Crippen LogP contribution is 2.73. The molecular weight excluding hydrogens is 548 g/mol. The molecule has 13 atom stereocenters. The van der Waals surface area contributed by atoms with Crippen molar-refractivity contribution in [2.24, 2.45) is 34.0 Å². The Kier molecular flexibility index (Phi) is 6.90. The van der Waals surface area contributed by atoms with E-state index in [2.05, 4.69) is 52.8 Å². The summed E-state index contributed by atoms with van der Waals surface area (Å²) < 4.78 is 25.6. The third-order valence-electron chi connectivity index (χ3n) is 12.9. The van der Waals surface area contributed by atoms with Crippen molar-refractivity contribution in [3.05, 3.63) is 34.9 Å². The third kappa shape index (κ3) is 4.38. The minimum absolute atomic E-state index is 0.0322. The molecule has 43 heavy (non-hydrogen) atoms. The molecule has 7 aliphatic rings. The molecule has 1 spiro atoms. The van der Waals surface area contributed by atoms with E-state index in [4.69, 9.17) is 18.9 Å². The lowest BCUT2D eigenvalue weighted by molar-refractivity contribution is -0.293. The van der Waals surface area contributed by atoms with Gasteiger partial charge in [-0.15, -0.1) is 0 Å². The van der Waals surface area contributed by atoms with Crippen LogP contribution >= 0.6 is 0 Å². The van der Waals surface area contributed by atoms with Crippen LogP contribution in [0.2, 0.25) is 0 Å². The number of rotatable bonds is 3. The maximum atomic E-state index is 11.0. The van der Waals surface area contributed by atoms with Gasteiger partial charge in [-0.3, -0.25) is 0 Å². The molecule has 4 N–H and O–H groups in total. The molecule has 0 aromatic carbocycles. The normalized spacial score (nSPS) is 52.1. The first kappa shape index (κ1) is 30.5. The zero-order valence-corrected chi connectivity index (χ0v) is 26.9. The summed E-state index contributed by atoms with van der Waals surface area (Å²) in [6.07, 6.45) is 7.37. The van der Waals surface area contributed by atoms with Crippen LogP contribution in [0.3, 0.4) is 0 Å². The second-order valence-corrected chi connectivity index (χ2v) is 16.6. The monoisotopic (exact) mass is 600 g/mol. The van der Waals surface area contributed by atoms with Crippen LogP contribution in [0.5, 0.6) is 0 Å². The molecule has 8 heteroatoms. The fourth-order valence-electron chi connectivity index (χ4n) is 10.5. The van der Waals surface area contributed by atoms with E-state index in [1.54, 1.807) is 0 Å². The maximum Gasteiger partial charge on any atom is 0.186 e. The SMILES string of the molecule is C[C@@H]1C[C@@H]2O[C@@]3(C[C@@]4(C)CC5=CC[C@H]6C(=CC[C@@H](O[C@@H]7OC[C@H](O)[C@H](O)[C@H]7O)C6(C)C)CC5=CC4(C)[C@@H]13)O[C@H]2C(C)(C)O. The van der Waals surface area contributed by atoms with Gasteiger partial charge < -0.3 is 39.4 Å². The molecule has 1 unspecified atom stereocenters. The molecule has 0 amide bonds. The summed E-state index contributed by atoms with van der Waals surface area (Å²) in [6.45, 7) is 15.3. The van der Waals surface area contributed by atoms with E-state index in [-0.39, 0.29) is 53.0 Å². The van der Waals surface area contributed by atoms with Gasteiger partial charge in [0, 0.05) is 17.8 Å². The highest BCUT2D eigenvalue weighted by Gasteiger charge is 2.74. The first-order valence-electron chi connectivity index (χ1n) is 16.5. The number of fused-ring (bicyclic) bond motifs is 5. The Bertz CT molecular complexity index is 1250. The Morgan fingerprint density at radius 3 is 2.44 bits per heavy atom. The van der Waals surface area contributed by atoms with Crippen molar-refractivity contribution in [2.45, 2.75) is 141 Å². The van der Waals surface area contributed by atoms with Crippen molar-refractivity contribution in [1.29, 1.82) is 0 Å². The van der Waals surface area contributed by atoms with Gasteiger partial charge in [-0.1, -0.05) is 58.4 Å². The first-order valence-corrected chi connectivity index (χ1v) is 16.5. The zero-order valence-electron chi connectivity index (χ0n) is 26.9. The molecule has 4 fully saturated rings. The fraction of sp³-hybridized carbons (Fsp3) is 0.829. The molecule has 8 nitrogen and oxygen atoms in total. The molecule has 0 aromatic rings. The van der Waals surface area contributed by atoms with Crippen LogP contribution in [0.4, 0.5) is 0 Å². The van der Waals surface area contributed by atoms with E-state index in [1.165, 1.54) is 16.7 Å². The summed E-state index contributed by atoms with van der Waals surface area (Å²) in [5.41, 5.74) is 2.99. The second kappa shape index (κ2) is 9.71. The Morgan fingerprint density at radius 1 is 0.977 bits per heavy atom. The summed E-state index contributed by atoms with van der Waals surface area (Å²) in [5, 5.41) is 41.6. The van der Waals surface area contributed by atoms with Crippen LogP contribution < -0.4 is 0 Å². The number of hydrogen-bond acceptors (Lipinski definition) is 8. The number of ether oxygens (including phenoxy) is 4. The molecule has 0 aromatic heterocycles. The van der Waals surface area contributed by atoms with Gasteiger partial charge in [0.25, 0.3) is 0 Å². The molecule has 1 saturated carbocycles. The molecule has 4 aliphatic carbocycles. The van der Waals surface area contributed by atoms with Crippen molar-refractivity contribution < 1.29 is 39.4 Å². The van der Waals surface area contributed by atoms with Crippen LogP contribution in [0.15, 0.2) is 34.9 Å². The lowest BCUT2D eigenvalue weighted by Crippen LogP contribution is -2.56. The average molecular weight is 601 g/mol. The molecular formula is C35H52O8. The summed E-state index contributed by atoms with van der Waals surface area (Å²) in [5.74, 6) is 0.247. The number of aliphatic hydroxyl groups is 4. The fourth-order valence-corrected chi connectivity index (χ4v) is 10.5. The number of aliphatic hydroxyl groups excluding tert-OH is 3. The van der Waals surface area contributed by atoms with E-state index in [0.717, 1.165) is 32.1 Å². The van der Waals surface area contributed by atoms with Crippen molar-refractivity contribution in [3.63, 3.8) is 0 Å². The summed E-state index contributed by atoms with van der Waals surface area (Å²) >= 11 is 0. The predicted molar refractivity (Wildman–Crippen MR) is 159 cm³/mol. The molecule has 2 bridgehead atoms. The first-order chi connectivity index (χ1) is 20.0. The van der Waals surface area contributed by atoms with E-state index >= 15 is 0 Å². The molecule has 0 radical (unpaired) electrons. The van der Waals surface area contributed by atoms with Gasteiger partial charge >= 0.3 is 0 Å². The van der Waals surface area contributed by atoms with Crippen LogP contribution in [-0.4, -0.2) is 81.3 Å². The van der Waals surface area contributed by atoms with Gasteiger partial charge in [0.15, 0.2) is 12.1 Å². The largest absolute Gasteiger partial charge is 0.388 e. The smallest absolute Gasteiger partial charge is 0.186 e. The van der Waals surface area contributed by atoms with Crippen LogP contribution in [-0.2, 0) is 18.9 Å². The van der Waals surface area contributed by atoms with E-state index < -0.39 is 36.0 Å². The topological polar surface area (TPSA) is 118 Å². The van der Waals surface area contributed by atoms with Gasteiger partial charge in [-0.25, -0.2) is 0 Å².